The van der Waals surface area contributed by atoms with E-state index in [1.807, 2.05) is 0 Å². The van der Waals surface area contributed by atoms with Gasteiger partial charge in [-0.3, -0.25) is 9.05 Å². The lowest BCUT2D eigenvalue weighted by molar-refractivity contribution is -0.789. The Morgan fingerprint density at radius 1 is 1.00 bits per heavy atom. The second kappa shape index (κ2) is 3.95. The highest BCUT2D eigenvalue weighted by atomic mass is 16.5. The molecule has 0 atom stereocenters. The maximum Gasteiger partial charge on any atom is 0.426 e. The largest absolute Gasteiger partial charge is 0.426 e. The van der Waals surface area contributed by atoms with Gasteiger partial charge in [-0.1, -0.05) is 9.36 Å². The molecule has 0 radical (unpaired) electrons. The molecule has 2 heterocycles. The van der Waals surface area contributed by atoms with Crippen LogP contribution in [0.5, 0.6) is 0 Å². The van der Waals surface area contributed by atoms with E-state index in [1.54, 1.807) is 0 Å². The van der Waals surface area contributed by atoms with Gasteiger partial charge in [0.25, 0.3) is 12.4 Å². The highest BCUT2D eigenvalue weighted by Gasteiger charge is 2.09. The zero-order valence-electron chi connectivity index (χ0n) is 7.80. The molecule has 0 saturated carbocycles. The van der Waals surface area contributed by atoms with Gasteiger partial charge in [0.15, 0.2) is 13.1 Å². The van der Waals surface area contributed by atoms with Crippen molar-refractivity contribution in [3.05, 3.63) is 33.2 Å². The molecule has 0 amide bonds. The molecule has 0 aliphatic heterocycles. The molecule has 0 spiro atoms. The quantitative estimate of drug-likeness (QED) is 0.570. The van der Waals surface area contributed by atoms with Gasteiger partial charge in [-0.15, -0.1) is 0 Å². The summed E-state index contributed by atoms with van der Waals surface area (Å²) in [6, 6.07) is 0. The number of H-pyrrole nitrogens is 2. The van der Waals surface area contributed by atoms with E-state index in [-0.39, 0.29) is 0 Å². The van der Waals surface area contributed by atoms with Crippen LogP contribution in [0.1, 0.15) is 6.42 Å². The van der Waals surface area contributed by atoms with Crippen LogP contribution >= 0.6 is 0 Å². The second-order valence-corrected chi connectivity index (χ2v) is 3.02. The molecule has 2 aromatic rings. The summed E-state index contributed by atoms with van der Waals surface area (Å²) in [5.41, 5.74) is -0.834. The zero-order chi connectivity index (χ0) is 10.7. The lowest BCUT2D eigenvalue weighted by atomic mass is 10.4. The second-order valence-electron chi connectivity index (χ2n) is 3.02. The van der Waals surface area contributed by atoms with Crippen molar-refractivity contribution in [3.63, 3.8) is 0 Å². The minimum absolute atomic E-state index is 0.417. The predicted octanol–water partition coefficient (Wildman–Crippen LogP) is -2.09. The number of nitrogens with zero attached hydrogens (tertiary/aromatic N) is 2. The van der Waals surface area contributed by atoms with E-state index in [1.165, 1.54) is 21.8 Å². The van der Waals surface area contributed by atoms with Crippen LogP contribution in [-0.4, -0.2) is 10.5 Å². The van der Waals surface area contributed by atoms with Gasteiger partial charge in [0.2, 0.25) is 0 Å². The molecule has 0 bridgehead atoms. The Morgan fingerprint density at radius 3 is 1.80 bits per heavy atom. The van der Waals surface area contributed by atoms with Crippen LogP contribution in [0, 0.1) is 0 Å². The van der Waals surface area contributed by atoms with Crippen LogP contribution in [0.25, 0.3) is 0 Å². The first-order valence-corrected chi connectivity index (χ1v) is 4.40. The molecule has 2 rings (SSSR count). The summed E-state index contributed by atoms with van der Waals surface area (Å²) in [5, 5.41) is 4.84. The summed E-state index contributed by atoms with van der Waals surface area (Å²) in [7, 11) is 0. The van der Waals surface area contributed by atoms with Crippen molar-refractivity contribution >= 4 is 0 Å². The molecule has 0 saturated heterocycles. The van der Waals surface area contributed by atoms with Crippen molar-refractivity contribution in [1.29, 1.82) is 0 Å². The van der Waals surface area contributed by atoms with Crippen LogP contribution < -0.4 is 20.6 Å². The summed E-state index contributed by atoms with van der Waals surface area (Å²) in [5.74, 6) is 0. The van der Waals surface area contributed by atoms with Gasteiger partial charge in [0.05, 0.1) is 6.42 Å². The van der Waals surface area contributed by atoms with Gasteiger partial charge in [0, 0.05) is 0 Å². The molecule has 8 nitrogen and oxygen atoms in total. The fourth-order valence-electron chi connectivity index (χ4n) is 1.20. The lowest BCUT2D eigenvalue weighted by Crippen LogP contribution is -2.41. The number of aromatic nitrogens is 4. The summed E-state index contributed by atoms with van der Waals surface area (Å²) in [4.78, 5) is 21.3. The summed E-state index contributed by atoms with van der Waals surface area (Å²) >= 11 is 0. The molecular formula is C7H10N4O4+2. The fourth-order valence-corrected chi connectivity index (χ4v) is 1.20. The minimum Gasteiger partial charge on any atom is -0.284 e. The van der Waals surface area contributed by atoms with E-state index in [0.717, 1.165) is 6.42 Å². The van der Waals surface area contributed by atoms with Gasteiger partial charge < -0.3 is 0 Å². The average Bonchev–Trinajstić information content (AvgIpc) is 2.76. The van der Waals surface area contributed by atoms with Crippen molar-refractivity contribution in [2.24, 2.45) is 0 Å². The third-order valence-corrected chi connectivity index (χ3v) is 1.85. The molecule has 2 N–H and O–H groups in total. The number of aromatic amines is 2. The van der Waals surface area contributed by atoms with Crippen LogP contribution in [0.3, 0.4) is 0 Å². The zero-order valence-corrected chi connectivity index (χ0v) is 7.80. The first-order chi connectivity index (χ1) is 7.24. The average molecular weight is 214 g/mol. The van der Waals surface area contributed by atoms with E-state index in [9.17, 15) is 9.59 Å². The topological polar surface area (TPSA) is 99.8 Å². The van der Waals surface area contributed by atoms with E-state index < -0.39 is 11.3 Å². The van der Waals surface area contributed by atoms with Gasteiger partial charge in [-0.2, -0.15) is 0 Å². The molecule has 0 aliphatic rings. The van der Waals surface area contributed by atoms with Gasteiger partial charge in [-0.05, 0) is 10.5 Å². The first-order valence-electron chi connectivity index (χ1n) is 4.40. The Balaban J connectivity index is 1.85. The van der Waals surface area contributed by atoms with Crippen molar-refractivity contribution < 1.29 is 18.4 Å². The molecular weight excluding hydrogens is 204 g/mol. The molecule has 0 fully saturated rings. The number of hydrogen-bond acceptors (Lipinski definition) is 4. The van der Waals surface area contributed by atoms with Crippen molar-refractivity contribution in [1.82, 2.24) is 10.5 Å². The van der Waals surface area contributed by atoms with Crippen LogP contribution in [0.4, 0.5) is 0 Å². The van der Waals surface area contributed by atoms with Crippen molar-refractivity contribution in [2.75, 3.05) is 0 Å². The Bertz CT molecular complexity index is 485. The number of aryl methyl sites for hydroxylation is 2. The Morgan fingerprint density at radius 2 is 1.47 bits per heavy atom. The Labute approximate surface area is 82.6 Å². The van der Waals surface area contributed by atoms with Crippen LogP contribution in [0.15, 0.2) is 31.0 Å². The maximum atomic E-state index is 10.6. The molecule has 15 heavy (non-hydrogen) atoms. The molecule has 0 aliphatic carbocycles. The Hall–Kier alpha value is -2.12. The van der Waals surface area contributed by atoms with E-state index in [0.29, 0.717) is 13.1 Å². The van der Waals surface area contributed by atoms with Crippen molar-refractivity contribution in [2.45, 2.75) is 19.5 Å². The highest BCUT2D eigenvalue weighted by Crippen LogP contribution is 1.76. The van der Waals surface area contributed by atoms with Gasteiger partial charge >= 0.3 is 11.3 Å². The van der Waals surface area contributed by atoms with Gasteiger partial charge in [-0.25, -0.2) is 9.59 Å². The molecule has 2 aromatic heterocycles. The molecule has 80 valence electrons. The standard InChI is InChI=1S/C7H8N4O4/c12-6-4-10(8-14-6)2-1-3-11-5-7(13)15-9-11/h4-5H,1-3H2/p+2. The minimum atomic E-state index is -0.417. The monoisotopic (exact) mass is 214 g/mol. The molecule has 0 aromatic carbocycles. The Kier molecular flexibility index (Phi) is 2.48. The number of nitrogens with one attached hydrogen (secondary N) is 2. The predicted molar refractivity (Wildman–Crippen MR) is 43.7 cm³/mol. The van der Waals surface area contributed by atoms with E-state index in [2.05, 4.69) is 19.6 Å². The molecule has 0 unspecified atom stereocenters. The summed E-state index contributed by atoms with van der Waals surface area (Å²) in [6.07, 6.45) is 3.37. The van der Waals surface area contributed by atoms with Crippen molar-refractivity contribution in [3.8, 4) is 0 Å². The van der Waals surface area contributed by atoms with Crippen LogP contribution in [0.2, 0.25) is 0 Å². The molecule has 8 heteroatoms. The fraction of sp³-hybridized carbons (Fsp3) is 0.429. The van der Waals surface area contributed by atoms with E-state index >= 15 is 0 Å². The van der Waals surface area contributed by atoms with E-state index in [4.69, 9.17) is 0 Å². The SMILES string of the molecule is O=c1c[n+](CCC[n+]2cc(=O)o[nH]2)[nH]o1. The normalized spacial score (nSPS) is 10.7. The third-order valence-electron chi connectivity index (χ3n) is 1.85. The summed E-state index contributed by atoms with van der Waals surface area (Å²) in [6.45, 7) is 1.18. The number of rotatable bonds is 4. The first kappa shape index (κ1) is 9.44. The van der Waals surface area contributed by atoms with Gasteiger partial charge in [0.1, 0.15) is 0 Å². The van der Waals surface area contributed by atoms with Crippen LogP contribution in [-0.2, 0) is 13.1 Å². The highest BCUT2D eigenvalue weighted by molar-refractivity contribution is 4.49. The smallest absolute Gasteiger partial charge is 0.284 e. The summed E-state index contributed by atoms with van der Waals surface area (Å²) < 4.78 is 12.0. The third kappa shape index (κ3) is 2.42. The number of hydrogen-bond donors (Lipinski definition) is 2. The lowest BCUT2D eigenvalue weighted by Gasteiger charge is -1.86. The maximum absolute atomic E-state index is 10.6.